The Morgan fingerprint density at radius 1 is 1.16 bits per heavy atom. The first kappa shape index (κ1) is 26.9. The van der Waals surface area contributed by atoms with Crippen molar-refractivity contribution >= 4 is 17.8 Å². The fourth-order valence-corrected chi connectivity index (χ4v) is 3.78. The Kier molecular flexibility index (Phi) is 12.2. The zero-order chi connectivity index (χ0) is 23.3. The number of aliphatic hydroxyl groups is 1. The largest absolute Gasteiger partial charge is 0.463 e. The summed E-state index contributed by atoms with van der Waals surface area (Å²) in [4.78, 5) is 37.4. The summed E-state index contributed by atoms with van der Waals surface area (Å²) in [6.45, 7) is 11.2. The van der Waals surface area contributed by atoms with Gasteiger partial charge >= 0.3 is 5.97 Å². The van der Waals surface area contributed by atoms with Gasteiger partial charge < -0.3 is 20.5 Å². The van der Waals surface area contributed by atoms with Crippen molar-refractivity contribution in [2.24, 2.45) is 11.8 Å². The molecule has 0 radical (unpaired) electrons. The summed E-state index contributed by atoms with van der Waals surface area (Å²) in [7, 11) is 0. The Morgan fingerprint density at radius 2 is 1.84 bits per heavy atom. The van der Waals surface area contributed by atoms with Crippen LogP contribution in [0.5, 0.6) is 0 Å². The van der Waals surface area contributed by atoms with Crippen LogP contribution in [0.15, 0.2) is 25.3 Å². The highest BCUT2D eigenvalue weighted by Crippen LogP contribution is 2.29. The van der Waals surface area contributed by atoms with Crippen LogP contribution in [0.1, 0.15) is 71.6 Å². The molecule has 1 aliphatic carbocycles. The number of carbonyl (C=O) groups excluding carboxylic acids is 3. The van der Waals surface area contributed by atoms with Gasteiger partial charge in [0.25, 0.3) is 0 Å². The first-order valence-electron chi connectivity index (χ1n) is 11.4. The number of carbonyl (C=O) groups is 3. The first-order chi connectivity index (χ1) is 14.8. The van der Waals surface area contributed by atoms with E-state index in [0.717, 1.165) is 32.1 Å². The summed E-state index contributed by atoms with van der Waals surface area (Å²) < 4.78 is 5.34. The molecule has 3 N–H and O–H groups in total. The second kappa shape index (κ2) is 14.0. The normalized spacial score (nSPS) is 16.9. The second-order valence-corrected chi connectivity index (χ2v) is 8.84. The Balaban J connectivity index is 2.63. The number of nitrogens with one attached hydrogen (secondary N) is 2. The molecule has 1 saturated carbocycles. The van der Waals surface area contributed by atoms with Crippen molar-refractivity contribution in [3.63, 3.8) is 0 Å². The number of rotatable bonds is 15. The SMILES string of the molecule is C=CCCCC(=O)OC[C@@H](NC(=O)[C@H](CC=C)CC(=O)NC1(CO)CCCC1)C(C)C. The standard InChI is InChI=1S/C24H40N2O5/c1-5-7-8-12-22(29)31-16-20(18(3)4)25-23(30)19(11-6-2)15-21(28)26-24(17-27)13-9-10-14-24/h5-6,18-20,27H,1-2,7-17H2,3-4H3,(H,25,30)(H,26,28)/t19-,20-/m1/s1. The van der Waals surface area contributed by atoms with Crippen molar-refractivity contribution in [2.45, 2.75) is 83.2 Å². The number of amides is 2. The maximum absolute atomic E-state index is 12.9. The molecule has 0 spiro atoms. The number of ether oxygens (including phenoxy) is 1. The maximum atomic E-state index is 12.9. The Hall–Kier alpha value is -2.15. The van der Waals surface area contributed by atoms with E-state index in [4.69, 9.17) is 4.74 Å². The van der Waals surface area contributed by atoms with E-state index in [2.05, 4.69) is 23.8 Å². The van der Waals surface area contributed by atoms with Gasteiger partial charge in [-0.25, -0.2) is 0 Å². The quantitative estimate of drug-likeness (QED) is 0.208. The lowest BCUT2D eigenvalue weighted by molar-refractivity contribution is -0.145. The predicted octanol–water partition coefficient (Wildman–Crippen LogP) is 3.03. The van der Waals surface area contributed by atoms with Crippen LogP contribution in [0.2, 0.25) is 0 Å². The van der Waals surface area contributed by atoms with Gasteiger partial charge in [0.2, 0.25) is 11.8 Å². The van der Waals surface area contributed by atoms with Crippen LogP contribution in [0, 0.1) is 11.8 Å². The molecule has 31 heavy (non-hydrogen) atoms. The van der Waals surface area contributed by atoms with E-state index in [1.54, 1.807) is 12.2 Å². The summed E-state index contributed by atoms with van der Waals surface area (Å²) in [5, 5.41) is 15.6. The molecular weight excluding hydrogens is 396 g/mol. The molecule has 1 fully saturated rings. The summed E-state index contributed by atoms with van der Waals surface area (Å²) in [5.41, 5.74) is -0.563. The fourth-order valence-electron chi connectivity index (χ4n) is 3.78. The number of hydrogen-bond donors (Lipinski definition) is 3. The zero-order valence-corrected chi connectivity index (χ0v) is 19.2. The zero-order valence-electron chi connectivity index (χ0n) is 19.2. The number of aliphatic hydroxyl groups excluding tert-OH is 1. The van der Waals surface area contributed by atoms with Gasteiger partial charge in [0.1, 0.15) is 6.61 Å². The molecule has 0 aromatic carbocycles. The van der Waals surface area contributed by atoms with Gasteiger partial charge in [0.15, 0.2) is 0 Å². The van der Waals surface area contributed by atoms with Crippen LogP contribution in [0.4, 0.5) is 0 Å². The van der Waals surface area contributed by atoms with Crippen molar-refractivity contribution < 1.29 is 24.2 Å². The molecule has 176 valence electrons. The van der Waals surface area contributed by atoms with E-state index in [9.17, 15) is 19.5 Å². The number of hydrogen-bond acceptors (Lipinski definition) is 5. The molecule has 7 heteroatoms. The summed E-state index contributed by atoms with van der Waals surface area (Å²) in [5.74, 6) is -1.32. The highest BCUT2D eigenvalue weighted by Gasteiger charge is 2.35. The van der Waals surface area contributed by atoms with E-state index in [1.165, 1.54) is 0 Å². The van der Waals surface area contributed by atoms with Crippen molar-refractivity contribution in [1.29, 1.82) is 0 Å². The Bertz CT molecular complexity index is 611. The lowest BCUT2D eigenvalue weighted by Crippen LogP contribution is -2.50. The Labute approximate surface area is 186 Å². The van der Waals surface area contributed by atoms with Gasteiger partial charge in [-0.1, -0.05) is 38.8 Å². The van der Waals surface area contributed by atoms with Gasteiger partial charge in [-0.15, -0.1) is 13.2 Å². The van der Waals surface area contributed by atoms with Crippen LogP contribution in [0.3, 0.4) is 0 Å². The molecule has 0 saturated heterocycles. The molecule has 0 aromatic heterocycles. The molecular formula is C24H40N2O5. The Morgan fingerprint density at radius 3 is 2.39 bits per heavy atom. The molecule has 0 bridgehead atoms. The van der Waals surface area contributed by atoms with Gasteiger partial charge in [0.05, 0.1) is 24.1 Å². The van der Waals surface area contributed by atoms with E-state index in [1.807, 2.05) is 13.8 Å². The lowest BCUT2D eigenvalue weighted by atomic mass is 9.95. The number of esters is 1. The average Bonchev–Trinajstić information content (AvgIpc) is 3.19. The van der Waals surface area contributed by atoms with Crippen LogP contribution in [-0.2, 0) is 19.1 Å². The van der Waals surface area contributed by atoms with Crippen LogP contribution < -0.4 is 10.6 Å². The van der Waals surface area contributed by atoms with E-state index in [0.29, 0.717) is 19.3 Å². The monoisotopic (exact) mass is 436 g/mol. The van der Waals surface area contributed by atoms with Gasteiger partial charge in [-0.2, -0.15) is 0 Å². The highest BCUT2D eigenvalue weighted by molar-refractivity contribution is 5.86. The highest BCUT2D eigenvalue weighted by atomic mass is 16.5. The van der Waals surface area contributed by atoms with Crippen molar-refractivity contribution in [3.05, 3.63) is 25.3 Å². The van der Waals surface area contributed by atoms with Crippen molar-refractivity contribution in [1.82, 2.24) is 10.6 Å². The number of unbranched alkanes of at least 4 members (excludes halogenated alkanes) is 1. The first-order valence-corrected chi connectivity index (χ1v) is 11.4. The summed E-state index contributed by atoms with van der Waals surface area (Å²) in [6, 6.07) is -0.343. The molecule has 0 heterocycles. The molecule has 7 nitrogen and oxygen atoms in total. The number of allylic oxidation sites excluding steroid dienone is 2. The van der Waals surface area contributed by atoms with Crippen molar-refractivity contribution in [2.75, 3.05) is 13.2 Å². The average molecular weight is 437 g/mol. The minimum absolute atomic E-state index is 0.0196. The van der Waals surface area contributed by atoms with E-state index < -0.39 is 11.5 Å². The third-order valence-corrected chi connectivity index (χ3v) is 5.87. The molecule has 0 unspecified atom stereocenters. The van der Waals surface area contributed by atoms with E-state index >= 15 is 0 Å². The minimum atomic E-state index is -0.570. The van der Waals surface area contributed by atoms with Crippen LogP contribution >= 0.6 is 0 Å². The third-order valence-electron chi connectivity index (χ3n) is 5.87. The van der Waals surface area contributed by atoms with Gasteiger partial charge in [-0.05, 0) is 38.0 Å². The van der Waals surface area contributed by atoms with Crippen LogP contribution in [0.25, 0.3) is 0 Å². The molecule has 0 aliphatic heterocycles. The van der Waals surface area contributed by atoms with Gasteiger partial charge in [-0.3, -0.25) is 14.4 Å². The molecule has 2 amide bonds. The molecule has 2 atom stereocenters. The minimum Gasteiger partial charge on any atom is -0.463 e. The molecule has 0 aromatic rings. The molecule has 1 aliphatic rings. The van der Waals surface area contributed by atoms with E-state index in [-0.39, 0.29) is 49.4 Å². The smallest absolute Gasteiger partial charge is 0.305 e. The molecule has 1 rings (SSSR count). The predicted molar refractivity (Wildman–Crippen MR) is 121 cm³/mol. The van der Waals surface area contributed by atoms with Gasteiger partial charge in [0, 0.05) is 12.8 Å². The summed E-state index contributed by atoms with van der Waals surface area (Å²) in [6.07, 6.45) is 8.96. The fraction of sp³-hybridized carbons (Fsp3) is 0.708. The topological polar surface area (TPSA) is 105 Å². The second-order valence-electron chi connectivity index (χ2n) is 8.84. The van der Waals surface area contributed by atoms with Crippen molar-refractivity contribution in [3.8, 4) is 0 Å². The lowest BCUT2D eigenvalue weighted by Gasteiger charge is -2.29. The third kappa shape index (κ3) is 9.68. The van der Waals surface area contributed by atoms with Crippen LogP contribution in [-0.4, -0.2) is 47.7 Å². The maximum Gasteiger partial charge on any atom is 0.305 e. The summed E-state index contributed by atoms with van der Waals surface area (Å²) >= 11 is 0.